The Morgan fingerprint density at radius 2 is 1.63 bits per heavy atom. The van der Waals surface area contributed by atoms with Crippen LogP contribution < -0.4 is 21.3 Å². The third kappa shape index (κ3) is 6.59. The Hall–Kier alpha value is -5.30. The van der Waals surface area contributed by atoms with Crippen molar-refractivity contribution >= 4 is 56.9 Å². The number of rotatable bonds is 8. The normalized spacial score (nSPS) is 23.2. The Morgan fingerprint density at radius 3 is 2.37 bits per heavy atom. The zero-order valence-electron chi connectivity index (χ0n) is 30.5. The number of benzene rings is 2. The van der Waals surface area contributed by atoms with Gasteiger partial charge in [0.05, 0.1) is 17.5 Å². The molecule has 0 radical (unpaired) electrons. The lowest BCUT2D eigenvalue weighted by molar-refractivity contribution is -0.134. The van der Waals surface area contributed by atoms with E-state index in [1.807, 2.05) is 6.07 Å². The molecule has 9 rings (SSSR count). The molecule has 1 unspecified atom stereocenters. The SMILES string of the molecule is NC(=O)c1ncc(N2CCCCC2)nc1Nc1ccc(C2CCN([C@H]3CC[C@@H](n4ccc5c6c(C7CCC(=O)NC7=O)noc6ccc54)CC3)CC2)cc1. The maximum absolute atomic E-state index is 12.7. The Labute approximate surface area is 313 Å². The lowest BCUT2D eigenvalue weighted by atomic mass is 9.85. The molecule has 13 heteroatoms. The van der Waals surface area contributed by atoms with Crippen LogP contribution in [0.15, 0.2) is 59.4 Å². The van der Waals surface area contributed by atoms with Gasteiger partial charge < -0.3 is 29.9 Å². The van der Waals surface area contributed by atoms with Crippen LogP contribution in [0.5, 0.6) is 0 Å². The molecule has 2 aromatic carbocycles. The van der Waals surface area contributed by atoms with Gasteiger partial charge in [-0.1, -0.05) is 17.3 Å². The number of piperidine rings is 3. The van der Waals surface area contributed by atoms with Crippen molar-refractivity contribution in [2.45, 2.75) is 94.5 Å². The molecule has 4 aliphatic rings. The number of carbonyl (C=O) groups is 3. The summed E-state index contributed by atoms with van der Waals surface area (Å²) in [5.41, 5.74) is 10.4. The van der Waals surface area contributed by atoms with Gasteiger partial charge >= 0.3 is 0 Å². The molecule has 1 aliphatic carbocycles. The number of nitrogens with two attached hydrogens (primary N) is 1. The summed E-state index contributed by atoms with van der Waals surface area (Å²) in [6.07, 6.45) is 14.9. The van der Waals surface area contributed by atoms with Crippen LogP contribution in [0.1, 0.15) is 110 Å². The minimum Gasteiger partial charge on any atom is -0.364 e. The summed E-state index contributed by atoms with van der Waals surface area (Å²) in [5, 5.41) is 12.0. The average molecular weight is 730 g/mol. The van der Waals surface area contributed by atoms with Crippen LogP contribution in [0.2, 0.25) is 0 Å². The second kappa shape index (κ2) is 14.5. The molecule has 6 heterocycles. The van der Waals surface area contributed by atoms with Crippen LogP contribution in [0, 0.1) is 0 Å². The highest BCUT2D eigenvalue weighted by atomic mass is 16.5. The van der Waals surface area contributed by atoms with Gasteiger partial charge in [-0.25, -0.2) is 9.97 Å². The quantitative estimate of drug-likeness (QED) is 0.155. The number of hydrogen-bond acceptors (Lipinski definition) is 10. The molecule has 3 saturated heterocycles. The fourth-order valence-corrected chi connectivity index (χ4v) is 9.41. The highest BCUT2D eigenvalue weighted by molar-refractivity contribution is 6.09. The molecule has 3 aromatic heterocycles. The van der Waals surface area contributed by atoms with Crippen LogP contribution in [-0.2, 0) is 9.59 Å². The third-order valence-corrected chi connectivity index (χ3v) is 12.4. The summed E-state index contributed by atoms with van der Waals surface area (Å²) >= 11 is 0. The summed E-state index contributed by atoms with van der Waals surface area (Å²) in [4.78, 5) is 50.7. The number of primary amides is 1. The molecule has 54 heavy (non-hydrogen) atoms. The van der Waals surface area contributed by atoms with E-state index in [4.69, 9.17) is 15.2 Å². The highest BCUT2D eigenvalue weighted by Crippen LogP contribution is 2.40. The van der Waals surface area contributed by atoms with Gasteiger partial charge in [0.25, 0.3) is 5.91 Å². The lowest BCUT2D eigenvalue weighted by Crippen LogP contribution is -2.42. The predicted octanol–water partition coefficient (Wildman–Crippen LogP) is 6.29. The van der Waals surface area contributed by atoms with Crippen molar-refractivity contribution < 1.29 is 18.9 Å². The number of amides is 3. The number of anilines is 3. The van der Waals surface area contributed by atoms with Crippen molar-refractivity contribution in [1.29, 1.82) is 0 Å². The van der Waals surface area contributed by atoms with Crippen LogP contribution in [0.3, 0.4) is 0 Å². The molecule has 13 nitrogen and oxygen atoms in total. The van der Waals surface area contributed by atoms with Crippen LogP contribution in [0.4, 0.5) is 17.3 Å². The minimum atomic E-state index is -0.596. The van der Waals surface area contributed by atoms with Gasteiger partial charge in [0, 0.05) is 54.4 Å². The van der Waals surface area contributed by atoms with E-state index in [-0.39, 0.29) is 17.5 Å². The molecule has 3 amide bonds. The first-order valence-corrected chi connectivity index (χ1v) is 19.6. The molecule has 0 spiro atoms. The minimum absolute atomic E-state index is 0.150. The number of fused-ring (bicyclic) bond motifs is 3. The zero-order chi connectivity index (χ0) is 36.8. The van der Waals surface area contributed by atoms with Crippen molar-refractivity contribution in [2.24, 2.45) is 5.73 Å². The molecule has 1 saturated carbocycles. The number of hydrogen-bond donors (Lipinski definition) is 3. The largest absolute Gasteiger partial charge is 0.364 e. The van der Waals surface area contributed by atoms with Gasteiger partial charge in [-0.2, -0.15) is 0 Å². The first kappa shape index (κ1) is 34.5. The van der Waals surface area contributed by atoms with Gasteiger partial charge in [-0.05, 0) is 119 Å². The van der Waals surface area contributed by atoms with Crippen molar-refractivity contribution in [2.75, 3.05) is 36.4 Å². The number of aromatic nitrogens is 4. The second-order valence-electron chi connectivity index (χ2n) is 15.5. The van der Waals surface area contributed by atoms with Gasteiger partial charge in [0.2, 0.25) is 11.8 Å². The standard InChI is InChI=1S/C41H47N9O4/c42-39(52)38-40(45-34(24-43-38)49-19-2-1-3-20-49)44-27-6-4-25(5-7-27)26-16-21-48(22-17-26)28-8-10-29(11-9-28)50-23-18-30-32(50)13-14-33-36(30)37(47-54-33)31-12-15-35(51)46-41(31)53/h4-7,13-14,18,23-24,26,28-29,31H,1-3,8-12,15-17,19-22H2,(H2,42,52)(H,44,45)(H,46,51,53)/t28-,29+,31?. The third-order valence-electron chi connectivity index (χ3n) is 12.4. The predicted molar refractivity (Wildman–Crippen MR) is 206 cm³/mol. The summed E-state index contributed by atoms with van der Waals surface area (Å²) in [6.45, 7) is 4.08. The molecular weight excluding hydrogens is 683 g/mol. The van der Waals surface area contributed by atoms with E-state index in [1.165, 1.54) is 24.8 Å². The van der Waals surface area contributed by atoms with Gasteiger partial charge in [-0.15, -0.1) is 0 Å². The number of nitrogens with zero attached hydrogens (tertiary/aromatic N) is 6. The van der Waals surface area contributed by atoms with E-state index < -0.39 is 11.8 Å². The molecule has 280 valence electrons. The van der Waals surface area contributed by atoms with E-state index in [2.05, 4.69) is 77.7 Å². The van der Waals surface area contributed by atoms with E-state index in [9.17, 15) is 14.4 Å². The van der Waals surface area contributed by atoms with E-state index >= 15 is 0 Å². The van der Waals surface area contributed by atoms with Crippen LogP contribution in [0.25, 0.3) is 21.9 Å². The Balaban J connectivity index is 0.808. The molecule has 5 aromatic rings. The molecular formula is C41H47N9O4. The van der Waals surface area contributed by atoms with E-state index in [0.29, 0.717) is 47.9 Å². The van der Waals surface area contributed by atoms with Crippen molar-refractivity contribution in [3.63, 3.8) is 0 Å². The van der Waals surface area contributed by atoms with Crippen molar-refractivity contribution in [1.82, 2.24) is 29.9 Å². The lowest BCUT2D eigenvalue weighted by Gasteiger charge is -2.41. The molecule has 0 bridgehead atoms. The Kier molecular flexibility index (Phi) is 9.26. The second-order valence-corrected chi connectivity index (χ2v) is 15.5. The van der Waals surface area contributed by atoms with Crippen molar-refractivity contribution in [3.05, 3.63) is 71.8 Å². The molecule has 4 fully saturated rings. The summed E-state index contributed by atoms with van der Waals surface area (Å²) < 4.78 is 8.07. The summed E-state index contributed by atoms with van der Waals surface area (Å²) in [5.74, 6) is 0.0731. The fraction of sp³-hybridized carbons (Fsp3) is 0.463. The van der Waals surface area contributed by atoms with Crippen LogP contribution >= 0.6 is 0 Å². The van der Waals surface area contributed by atoms with E-state index in [0.717, 1.165) is 92.5 Å². The summed E-state index contributed by atoms with van der Waals surface area (Å²) in [6, 6.07) is 15.7. The maximum Gasteiger partial charge on any atom is 0.271 e. The number of nitrogens with one attached hydrogen (secondary N) is 2. The molecule has 1 atom stereocenters. The van der Waals surface area contributed by atoms with Gasteiger partial charge in [0.1, 0.15) is 11.5 Å². The summed E-state index contributed by atoms with van der Waals surface area (Å²) in [7, 11) is 0. The molecule has 3 aliphatic heterocycles. The number of imide groups is 1. The monoisotopic (exact) mass is 729 g/mol. The highest BCUT2D eigenvalue weighted by Gasteiger charge is 2.34. The zero-order valence-corrected chi connectivity index (χ0v) is 30.5. The first-order chi connectivity index (χ1) is 26.4. The maximum atomic E-state index is 12.7. The first-order valence-electron chi connectivity index (χ1n) is 19.6. The number of likely N-dealkylation sites (tertiary alicyclic amines) is 1. The smallest absolute Gasteiger partial charge is 0.271 e. The van der Waals surface area contributed by atoms with E-state index in [1.54, 1.807) is 6.20 Å². The Bertz CT molecular complexity index is 2190. The Morgan fingerprint density at radius 1 is 0.870 bits per heavy atom. The van der Waals surface area contributed by atoms with Crippen LogP contribution in [-0.4, -0.2) is 74.5 Å². The fourth-order valence-electron chi connectivity index (χ4n) is 9.41. The average Bonchev–Trinajstić information content (AvgIpc) is 3.83. The van der Waals surface area contributed by atoms with Gasteiger partial charge in [-0.3, -0.25) is 19.7 Å². The molecule has 4 N–H and O–H groups in total. The van der Waals surface area contributed by atoms with Crippen molar-refractivity contribution in [3.8, 4) is 0 Å². The van der Waals surface area contributed by atoms with Gasteiger partial charge in [0.15, 0.2) is 17.1 Å². The number of carbonyl (C=O) groups excluding carboxylic acids is 3. The topological polar surface area (TPSA) is 165 Å².